The van der Waals surface area contributed by atoms with E-state index in [1.807, 2.05) is 29.6 Å². The molecule has 1 aromatic heterocycles. The minimum absolute atomic E-state index is 0.0643. The molecule has 2 N–H and O–H groups in total. The van der Waals surface area contributed by atoms with Crippen molar-refractivity contribution < 1.29 is 13.2 Å². The molecule has 3 rings (SSSR count). The van der Waals surface area contributed by atoms with E-state index in [1.165, 1.54) is 23.5 Å². The molecule has 8 heteroatoms. The van der Waals surface area contributed by atoms with Crippen molar-refractivity contribution in [1.82, 2.24) is 10.0 Å². The number of sulfonamides is 1. The van der Waals surface area contributed by atoms with Crippen LogP contribution in [0.2, 0.25) is 5.02 Å². The lowest BCUT2D eigenvalue weighted by molar-refractivity contribution is 0.0954. The van der Waals surface area contributed by atoms with Crippen LogP contribution in [0, 0.1) is 0 Å². The maximum absolute atomic E-state index is 12.5. The van der Waals surface area contributed by atoms with Gasteiger partial charge in [-0.05, 0) is 53.8 Å². The average molecular weight is 435 g/mol. The third-order valence-corrected chi connectivity index (χ3v) is 6.56. The Hall–Kier alpha value is -2.19. The zero-order chi connectivity index (χ0) is 20.0. The Balaban J connectivity index is 1.59. The highest BCUT2D eigenvalue weighted by Gasteiger charge is 2.16. The van der Waals surface area contributed by atoms with Crippen molar-refractivity contribution >= 4 is 38.9 Å². The Bertz CT molecular complexity index is 1030. The summed E-state index contributed by atoms with van der Waals surface area (Å²) < 4.78 is 27.5. The number of hydrogen-bond donors (Lipinski definition) is 2. The largest absolute Gasteiger partial charge is 0.352 e. The maximum Gasteiger partial charge on any atom is 0.251 e. The summed E-state index contributed by atoms with van der Waals surface area (Å²) in [5.41, 5.74) is 1.36. The number of benzene rings is 2. The first kappa shape index (κ1) is 20.5. The zero-order valence-electron chi connectivity index (χ0n) is 14.9. The number of carbonyl (C=O) groups is 1. The van der Waals surface area contributed by atoms with Gasteiger partial charge in [0.05, 0.1) is 4.90 Å². The molecule has 0 fully saturated rings. The third kappa shape index (κ3) is 5.65. The van der Waals surface area contributed by atoms with Crippen LogP contribution < -0.4 is 10.0 Å². The third-order valence-electron chi connectivity index (χ3n) is 4.04. The molecule has 5 nitrogen and oxygen atoms in total. The summed E-state index contributed by atoms with van der Waals surface area (Å²) in [6, 6.07) is 17.1. The number of hydrogen-bond acceptors (Lipinski definition) is 4. The molecule has 0 saturated heterocycles. The average Bonchev–Trinajstić information content (AvgIpc) is 3.22. The molecule has 146 valence electrons. The van der Waals surface area contributed by atoms with Gasteiger partial charge in [-0.2, -0.15) is 0 Å². The molecule has 3 aromatic rings. The predicted molar refractivity (Wildman–Crippen MR) is 112 cm³/mol. The predicted octanol–water partition coefficient (Wildman–Crippen LogP) is 3.85. The molecule has 0 bridgehead atoms. The van der Waals surface area contributed by atoms with Gasteiger partial charge in [0.2, 0.25) is 10.0 Å². The molecule has 0 aliphatic carbocycles. The highest BCUT2D eigenvalue weighted by atomic mass is 35.5. The summed E-state index contributed by atoms with van der Waals surface area (Å²) in [4.78, 5) is 13.3. The van der Waals surface area contributed by atoms with E-state index in [2.05, 4.69) is 10.0 Å². The fourth-order valence-electron chi connectivity index (χ4n) is 2.54. The Morgan fingerprint density at radius 3 is 2.54 bits per heavy atom. The normalized spacial score (nSPS) is 11.3. The number of carbonyl (C=O) groups excluding carboxylic acids is 1. The second-order valence-electron chi connectivity index (χ2n) is 6.06. The lowest BCUT2D eigenvalue weighted by Gasteiger charge is -2.09. The summed E-state index contributed by atoms with van der Waals surface area (Å²) in [7, 11) is -3.70. The minimum atomic E-state index is -3.70. The first-order valence-corrected chi connectivity index (χ1v) is 11.3. The van der Waals surface area contributed by atoms with E-state index in [0.29, 0.717) is 23.6 Å². The summed E-state index contributed by atoms with van der Waals surface area (Å²) >= 11 is 7.33. The van der Waals surface area contributed by atoms with Gasteiger partial charge in [-0.3, -0.25) is 4.79 Å². The van der Waals surface area contributed by atoms with E-state index >= 15 is 0 Å². The first-order valence-electron chi connectivity index (χ1n) is 8.59. The smallest absolute Gasteiger partial charge is 0.251 e. The van der Waals surface area contributed by atoms with Crippen LogP contribution in [0.3, 0.4) is 0 Å². The van der Waals surface area contributed by atoms with Crippen molar-refractivity contribution in [3.8, 4) is 0 Å². The van der Waals surface area contributed by atoms with Gasteiger partial charge in [0.1, 0.15) is 0 Å². The van der Waals surface area contributed by atoms with Crippen molar-refractivity contribution in [3.05, 3.63) is 87.1 Å². The van der Waals surface area contributed by atoms with E-state index in [4.69, 9.17) is 11.6 Å². The van der Waals surface area contributed by atoms with E-state index in [1.54, 1.807) is 24.3 Å². The molecule has 0 atom stereocenters. The van der Waals surface area contributed by atoms with Crippen molar-refractivity contribution in [2.24, 2.45) is 0 Å². The molecule has 0 spiro atoms. The van der Waals surface area contributed by atoms with Crippen LogP contribution in [0.15, 0.2) is 70.9 Å². The van der Waals surface area contributed by atoms with E-state index < -0.39 is 10.0 Å². The quantitative estimate of drug-likeness (QED) is 0.565. The number of nitrogens with one attached hydrogen (secondary N) is 2. The van der Waals surface area contributed by atoms with Gasteiger partial charge in [0, 0.05) is 28.6 Å². The second kappa shape index (κ2) is 9.34. The van der Waals surface area contributed by atoms with Crippen LogP contribution in [-0.2, 0) is 23.0 Å². The minimum Gasteiger partial charge on any atom is -0.352 e. The van der Waals surface area contributed by atoms with E-state index in [0.717, 1.165) is 10.4 Å². The first-order chi connectivity index (χ1) is 13.4. The second-order valence-corrected chi connectivity index (χ2v) is 9.30. The van der Waals surface area contributed by atoms with Gasteiger partial charge >= 0.3 is 0 Å². The molecular weight excluding hydrogens is 416 g/mol. The number of rotatable bonds is 8. The number of thiophene rings is 1. The molecule has 0 saturated carbocycles. The highest BCUT2D eigenvalue weighted by Crippen LogP contribution is 2.14. The number of halogens is 1. The van der Waals surface area contributed by atoms with Crippen molar-refractivity contribution in [1.29, 1.82) is 0 Å². The molecule has 0 aliphatic rings. The molecule has 28 heavy (non-hydrogen) atoms. The Morgan fingerprint density at radius 1 is 1.04 bits per heavy atom. The van der Waals surface area contributed by atoms with Crippen LogP contribution >= 0.6 is 22.9 Å². The Kier molecular flexibility index (Phi) is 6.85. The molecule has 2 aromatic carbocycles. The van der Waals surface area contributed by atoms with Gasteiger partial charge in [0.25, 0.3) is 5.91 Å². The van der Waals surface area contributed by atoms with E-state index in [-0.39, 0.29) is 17.3 Å². The molecule has 0 radical (unpaired) electrons. The van der Waals surface area contributed by atoms with Crippen LogP contribution in [-0.4, -0.2) is 20.9 Å². The SMILES string of the molecule is O=C(NCCc1ccc(Cl)cc1)c1cccc(S(=O)(=O)NCc2cccs2)c1. The highest BCUT2D eigenvalue weighted by molar-refractivity contribution is 7.89. The van der Waals surface area contributed by atoms with Crippen LogP contribution in [0.4, 0.5) is 0 Å². The molecular formula is C20H19ClN2O3S2. The van der Waals surface area contributed by atoms with Crippen LogP contribution in [0.25, 0.3) is 0 Å². The summed E-state index contributed by atoms with van der Waals surface area (Å²) in [5.74, 6) is -0.315. The summed E-state index contributed by atoms with van der Waals surface area (Å²) in [5, 5.41) is 5.36. The molecule has 1 amide bonds. The zero-order valence-corrected chi connectivity index (χ0v) is 17.3. The van der Waals surface area contributed by atoms with Gasteiger partial charge in [-0.25, -0.2) is 13.1 Å². The van der Waals surface area contributed by atoms with Gasteiger partial charge in [-0.1, -0.05) is 35.9 Å². The van der Waals surface area contributed by atoms with E-state index in [9.17, 15) is 13.2 Å². The standard InChI is InChI=1S/C20H19ClN2O3S2/c21-17-8-6-15(7-9-17)10-11-22-20(24)16-3-1-5-19(13-16)28(25,26)23-14-18-4-2-12-27-18/h1-9,12-13,23H,10-11,14H2,(H,22,24). The van der Waals surface area contributed by atoms with Gasteiger partial charge in [-0.15, -0.1) is 11.3 Å². The summed E-state index contributed by atoms with van der Waals surface area (Å²) in [6.45, 7) is 0.658. The number of amides is 1. The summed E-state index contributed by atoms with van der Waals surface area (Å²) in [6.07, 6.45) is 0.656. The van der Waals surface area contributed by atoms with Crippen molar-refractivity contribution in [2.45, 2.75) is 17.9 Å². The van der Waals surface area contributed by atoms with Crippen molar-refractivity contribution in [2.75, 3.05) is 6.54 Å². The lowest BCUT2D eigenvalue weighted by atomic mass is 10.1. The van der Waals surface area contributed by atoms with Gasteiger partial charge in [0.15, 0.2) is 0 Å². The van der Waals surface area contributed by atoms with Crippen LogP contribution in [0.5, 0.6) is 0 Å². The Morgan fingerprint density at radius 2 is 1.82 bits per heavy atom. The maximum atomic E-state index is 12.5. The molecule has 1 heterocycles. The molecule has 0 aliphatic heterocycles. The topological polar surface area (TPSA) is 75.3 Å². The monoisotopic (exact) mass is 434 g/mol. The van der Waals surface area contributed by atoms with Gasteiger partial charge < -0.3 is 5.32 Å². The van der Waals surface area contributed by atoms with Crippen LogP contribution in [0.1, 0.15) is 20.8 Å². The fraction of sp³-hybridized carbons (Fsp3) is 0.150. The fourth-order valence-corrected chi connectivity index (χ4v) is 4.45. The molecule has 0 unspecified atom stereocenters. The Labute approximate surface area is 173 Å². The van der Waals surface area contributed by atoms with Crippen molar-refractivity contribution in [3.63, 3.8) is 0 Å². The lowest BCUT2D eigenvalue weighted by Crippen LogP contribution is -2.27.